The van der Waals surface area contributed by atoms with Gasteiger partial charge in [-0.15, -0.1) is 0 Å². The first-order valence-corrected chi connectivity index (χ1v) is 7.62. The van der Waals surface area contributed by atoms with Crippen molar-refractivity contribution in [2.75, 3.05) is 0 Å². The Hall–Kier alpha value is -1.59. The Bertz CT molecular complexity index is 940. The Morgan fingerprint density at radius 3 is 2.85 bits per heavy atom. The number of imidazole rings is 1. The maximum absolute atomic E-state index is 5.87. The predicted molar refractivity (Wildman–Crippen MR) is 85.8 cm³/mol. The lowest BCUT2D eigenvalue weighted by Gasteiger charge is -1.92. The third-order valence-electron chi connectivity index (χ3n) is 3.17. The van der Waals surface area contributed by atoms with E-state index in [4.69, 9.17) is 4.42 Å². The molecule has 20 heavy (non-hydrogen) atoms. The van der Waals surface area contributed by atoms with Gasteiger partial charge in [-0.05, 0) is 52.3 Å². The van der Waals surface area contributed by atoms with Crippen LogP contribution in [0.4, 0.5) is 0 Å². The van der Waals surface area contributed by atoms with Crippen molar-refractivity contribution in [2.24, 2.45) is 0 Å². The lowest BCUT2D eigenvalue weighted by molar-refractivity contribution is 0.629. The summed E-state index contributed by atoms with van der Waals surface area (Å²) in [7, 11) is 0. The molecule has 0 atom stereocenters. The van der Waals surface area contributed by atoms with Crippen LogP contribution in [0.15, 0.2) is 62.2 Å². The molecule has 0 amide bonds. The first-order chi connectivity index (χ1) is 9.70. The second kappa shape index (κ2) is 4.46. The molecule has 3 heterocycles. The Morgan fingerprint density at radius 2 is 2.00 bits per heavy atom. The van der Waals surface area contributed by atoms with Gasteiger partial charge < -0.3 is 8.82 Å². The van der Waals surface area contributed by atoms with E-state index in [1.165, 1.54) is 0 Å². The summed E-state index contributed by atoms with van der Waals surface area (Å²) >= 11 is 6.97. The van der Waals surface area contributed by atoms with Gasteiger partial charge >= 0.3 is 0 Å². The van der Waals surface area contributed by atoms with Gasteiger partial charge in [0.1, 0.15) is 11.3 Å². The van der Waals surface area contributed by atoms with E-state index < -0.39 is 0 Å². The number of pyridine rings is 1. The van der Waals surface area contributed by atoms with Crippen molar-refractivity contribution < 1.29 is 4.42 Å². The smallest absolute Gasteiger partial charge is 0.155 e. The summed E-state index contributed by atoms with van der Waals surface area (Å²) in [5.41, 5.74) is 2.56. The number of nitrogens with zero attached hydrogens (tertiary/aromatic N) is 2. The molecule has 1 aromatic carbocycles. The molecule has 0 fully saturated rings. The number of aromatic nitrogens is 2. The zero-order chi connectivity index (χ0) is 13.7. The van der Waals surface area contributed by atoms with Crippen molar-refractivity contribution in [1.82, 2.24) is 9.38 Å². The third-order valence-corrected chi connectivity index (χ3v) is 4.28. The molecular weight excluding hydrogens is 384 g/mol. The topological polar surface area (TPSA) is 30.4 Å². The third kappa shape index (κ3) is 1.89. The van der Waals surface area contributed by atoms with Crippen molar-refractivity contribution in [3.05, 3.63) is 57.7 Å². The van der Waals surface area contributed by atoms with Gasteiger partial charge in [-0.1, -0.05) is 15.9 Å². The van der Waals surface area contributed by atoms with Gasteiger partial charge in [0, 0.05) is 22.3 Å². The van der Waals surface area contributed by atoms with E-state index in [2.05, 4.69) is 36.8 Å². The highest BCUT2D eigenvalue weighted by molar-refractivity contribution is 9.11. The van der Waals surface area contributed by atoms with E-state index in [9.17, 15) is 0 Å². The number of benzene rings is 1. The molecule has 0 radical (unpaired) electrons. The summed E-state index contributed by atoms with van der Waals surface area (Å²) in [6.07, 6.45) is 3.93. The van der Waals surface area contributed by atoms with Crippen LogP contribution in [0.5, 0.6) is 0 Å². The van der Waals surface area contributed by atoms with Crippen molar-refractivity contribution in [3.63, 3.8) is 0 Å². The van der Waals surface area contributed by atoms with Crippen molar-refractivity contribution in [2.45, 2.75) is 0 Å². The average Bonchev–Trinajstić information content (AvgIpc) is 3.01. The summed E-state index contributed by atoms with van der Waals surface area (Å²) < 4.78 is 9.84. The van der Waals surface area contributed by atoms with E-state index >= 15 is 0 Å². The van der Waals surface area contributed by atoms with Crippen LogP contribution in [-0.2, 0) is 0 Å². The summed E-state index contributed by atoms with van der Waals surface area (Å²) in [6, 6.07) is 11.9. The van der Waals surface area contributed by atoms with Crippen LogP contribution in [0.3, 0.4) is 0 Å². The number of rotatable bonds is 1. The Labute approximate surface area is 131 Å². The minimum Gasteiger partial charge on any atom is -0.454 e. The molecule has 0 aliphatic heterocycles. The second-order valence-corrected chi connectivity index (χ2v) is 6.28. The molecular formula is C15H8Br2N2O. The van der Waals surface area contributed by atoms with Gasteiger partial charge in [0.2, 0.25) is 0 Å². The van der Waals surface area contributed by atoms with Crippen LogP contribution in [0, 0.1) is 0 Å². The zero-order valence-corrected chi connectivity index (χ0v) is 13.3. The highest BCUT2D eigenvalue weighted by Crippen LogP contribution is 2.30. The fourth-order valence-corrected chi connectivity index (χ4v) is 3.06. The maximum atomic E-state index is 5.87. The predicted octanol–water partition coefficient (Wildman–Crippen LogP) is 5.27. The molecule has 0 spiro atoms. The molecule has 3 aromatic heterocycles. The van der Waals surface area contributed by atoms with Gasteiger partial charge in [0.15, 0.2) is 11.4 Å². The molecule has 0 saturated heterocycles. The SMILES string of the molecule is Brc1ccc2oc(-c3cn4cccc(Br)c4n3)cc2c1. The molecule has 5 heteroatoms. The molecule has 98 valence electrons. The highest BCUT2D eigenvalue weighted by Gasteiger charge is 2.11. The van der Waals surface area contributed by atoms with Crippen LogP contribution in [0.1, 0.15) is 0 Å². The molecule has 0 aliphatic carbocycles. The van der Waals surface area contributed by atoms with E-state index in [1.54, 1.807) is 0 Å². The van der Waals surface area contributed by atoms with Gasteiger partial charge in [-0.25, -0.2) is 4.98 Å². The number of hydrogen-bond acceptors (Lipinski definition) is 2. The highest BCUT2D eigenvalue weighted by atomic mass is 79.9. The lowest BCUT2D eigenvalue weighted by atomic mass is 10.2. The van der Waals surface area contributed by atoms with Gasteiger partial charge in [0.05, 0.1) is 4.47 Å². The fourth-order valence-electron chi connectivity index (χ4n) is 2.24. The summed E-state index contributed by atoms with van der Waals surface area (Å²) in [5.74, 6) is 0.772. The van der Waals surface area contributed by atoms with Gasteiger partial charge in [-0.3, -0.25) is 0 Å². The van der Waals surface area contributed by atoms with Crippen molar-refractivity contribution in [1.29, 1.82) is 0 Å². The Morgan fingerprint density at radius 1 is 1.10 bits per heavy atom. The molecule has 4 rings (SSSR count). The van der Waals surface area contributed by atoms with Crippen LogP contribution in [-0.4, -0.2) is 9.38 Å². The average molecular weight is 392 g/mol. The number of halogens is 2. The second-order valence-electron chi connectivity index (χ2n) is 4.51. The first kappa shape index (κ1) is 12.2. The van der Waals surface area contributed by atoms with Crippen molar-refractivity contribution in [3.8, 4) is 11.5 Å². The van der Waals surface area contributed by atoms with Crippen LogP contribution >= 0.6 is 31.9 Å². The van der Waals surface area contributed by atoms with Crippen LogP contribution < -0.4 is 0 Å². The lowest BCUT2D eigenvalue weighted by Crippen LogP contribution is -1.80. The first-order valence-electron chi connectivity index (χ1n) is 6.03. The molecule has 0 N–H and O–H groups in total. The molecule has 0 saturated carbocycles. The normalized spacial score (nSPS) is 11.5. The van der Waals surface area contributed by atoms with E-state index in [1.807, 2.05) is 53.2 Å². The van der Waals surface area contributed by atoms with E-state index in [0.29, 0.717) is 0 Å². The van der Waals surface area contributed by atoms with Gasteiger partial charge in [-0.2, -0.15) is 0 Å². The maximum Gasteiger partial charge on any atom is 0.155 e. The molecule has 0 unspecified atom stereocenters. The summed E-state index contributed by atoms with van der Waals surface area (Å²) in [5, 5.41) is 1.06. The van der Waals surface area contributed by atoms with Crippen molar-refractivity contribution >= 4 is 48.5 Å². The summed E-state index contributed by atoms with van der Waals surface area (Å²) in [4.78, 5) is 4.61. The Balaban J connectivity index is 1.94. The zero-order valence-electron chi connectivity index (χ0n) is 10.2. The minimum atomic E-state index is 0.772. The largest absolute Gasteiger partial charge is 0.454 e. The minimum absolute atomic E-state index is 0.772. The Kier molecular flexibility index (Phi) is 2.72. The van der Waals surface area contributed by atoms with E-state index in [0.717, 1.165) is 37.0 Å². The van der Waals surface area contributed by atoms with E-state index in [-0.39, 0.29) is 0 Å². The molecule has 0 aliphatic rings. The molecule has 0 bridgehead atoms. The van der Waals surface area contributed by atoms with Crippen LogP contribution in [0.25, 0.3) is 28.1 Å². The van der Waals surface area contributed by atoms with Gasteiger partial charge in [0.25, 0.3) is 0 Å². The summed E-state index contributed by atoms with van der Waals surface area (Å²) in [6.45, 7) is 0. The standard InChI is InChI=1S/C15H8Br2N2O/c16-10-3-4-13-9(6-10)7-14(20-13)12-8-19-5-1-2-11(17)15(19)18-12/h1-8H. The number of furan rings is 1. The molecule has 4 aromatic rings. The number of hydrogen-bond donors (Lipinski definition) is 0. The van der Waals surface area contributed by atoms with Crippen LogP contribution in [0.2, 0.25) is 0 Å². The quantitative estimate of drug-likeness (QED) is 0.442. The molecule has 3 nitrogen and oxygen atoms in total. The fraction of sp³-hybridized carbons (Fsp3) is 0. The monoisotopic (exact) mass is 390 g/mol. The number of fused-ring (bicyclic) bond motifs is 2.